The summed E-state index contributed by atoms with van der Waals surface area (Å²) in [4.78, 5) is 19.5. The number of nitrogens with zero attached hydrogens (tertiary/aromatic N) is 5. The third kappa shape index (κ3) is 4.12. The van der Waals surface area contributed by atoms with E-state index in [2.05, 4.69) is 64.8 Å². The summed E-state index contributed by atoms with van der Waals surface area (Å²) in [5.74, 6) is 1.41. The number of pyridine rings is 1. The molecular formula is C27H27N5OS. The lowest BCUT2D eigenvalue weighted by Gasteiger charge is -2.22. The fourth-order valence-corrected chi connectivity index (χ4v) is 5.39. The second-order valence-corrected chi connectivity index (χ2v) is 9.77. The van der Waals surface area contributed by atoms with Gasteiger partial charge in [-0.3, -0.25) is 14.3 Å². The highest BCUT2D eigenvalue weighted by molar-refractivity contribution is 7.99. The highest BCUT2D eigenvalue weighted by Crippen LogP contribution is 2.35. The molecule has 3 heterocycles. The molecule has 2 aromatic heterocycles. The molecule has 1 aliphatic rings. The van der Waals surface area contributed by atoms with Crippen molar-refractivity contribution in [2.75, 3.05) is 10.7 Å². The van der Waals surface area contributed by atoms with Gasteiger partial charge in [-0.15, -0.1) is 10.2 Å². The second kappa shape index (κ2) is 9.43. The second-order valence-electron chi connectivity index (χ2n) is 8.83. The van der Waals surface area contributed by atoms with Gasteiger partial charge in [-0.05, 0) is 54.7 Å². The molecule has 0 saturated carbocycles. The van der Waals surface area contributed by atoms with E-state index in [0.717, 1.165) is 29.2 Å². The molecule has 1 aliphatic heterocycles. The van der Waals surface area contributed by atoms with E-state index >= 15 is 0 Å². The van der Waals surface area contributed by atoms with Crippen LogP contribution < -0.4 is 4.90 Å². The summed E-state index contributed by atoms with van der Waals surface area (Å²) >= 11 is 1.43. The van der Waals surface area contributed by atoms with Crippen LogP contribution in [-0.4, -0.2) is 37.5 Å². The van der Waals surface area contributed by atoms with Crippen LogP contribution >= 0.6 is 11.8 Å². The fourth-order valence-electron chi connectivity index (χ4n) is 4.58. The van der Waals surface area contributed by atoms with E-state index in [0.29, 0.717) is 11.1 Å². The first kappa shape index (κ1) is 22.3. The summed E-state index contributed by atoms with van der Waals surface area (Å²) in [6, 6.07) is 20.5. The molecule has 7 heteroatoms. The van der Waals surface area contributed by atoms with E-state index in [1.807, 2.05) is 41.3 Å². The molecule has 172 valence electrons. The predicted octanol–water partition coefficient (Wildman–Crippen LogP) is 5.52. The lowest BCUT2D eigenvalue weighted by molar-refractivity contribution is -0.116. The summed E-state index contributed by atoms with van der Waals surface area (Å²) < 4.78 is 2.06. The van der Waals surface area contributed by atoms with E-state index in [9.17, 15) is 4.79 Å². The van der Waals surface area contributed by atoms with Crippen molar-refractivity contribution in [2.45, 2.75) is 44.3 Å². The molecule has 0 saturated heterocycles. The van der Waals surface area contributed by atoms with Crippen LogP contribution in [0.4, 0.5) is 5.69 Å². The SMILES string of the molecule is CC(C)c1ccccc1-n1c(SCC(=O)N2c3ccccc3CC2C)nnc1-c1cccnc1. The van der Waals surface area contributed by atoms with Gasteiger partial charge in [-0.1, -0.05) is 62.0 Å². The first-order valence-electron chi connectivity index (χ1n) is 11.5. The number of hydrogen-bond donors (Lipinski definition) is 0. The molecule has 34 heavy (non-hydrogen) atoms. The maximum atomic E-state index is 13.3. The van der Waals surface area contributed by atoms with Crippen LogP contribution in [0.3, 0.4) is 0 Å². The Hall–Kier alpha value is -3.45. The minimum atomic E-state index is 0.0806. The number of rotatable bonds is 6. The van der Waals surface area contributed by atoms with Crippen LogP contribution in [0.2, 0.25) is 0 Å². The number of thioether (sulfide) groups is 1. The van der Waals surface area contributed by atoms with E-state index in [1.54, 1.807) is 12.4 Å². The molecule has 1 amide bonds. The minimum absolute atomic E-state index is 0.0806. The summed E-state index contributed by atoms with van der Waals surface area (Å²) in [5, 5.41) is 9.72. The molecule has 0 bridgehead atoms. The third-order valence-corrected chi connectivity index (χ3v) is 7.07. The van der Waals surface area contributed by atoms with Crippen molar-refractivity contribution in [2.24, 2.45) is 0 Å². The Bertz CT molecular complexity index is 1320. The molecule has 0 radical (unpaired) electrons. The van der Waals surface area contributed by atoms with Gasteiger partial charge in [0.15, 0.2) is 11.0 Å². The largest absolute Gasteiger partial charge is 0.308 e. The maximum absolute atomic E-state index is 13.3. The topological polar surface area (TPSA) is 63.9 Å². The van der Waals surface area contributed by atoms with Gasteiger partial charge in [0.1, 0.15) is 0 Å². The van der Waals surface area contributed by atoms with Gasteiger partial charge >= 0.3 is 0 Å². The summed E-state index contributed by atoms with van der Waals surface area (Å²) in [5.41, 5.74) is 5.34. The standard InChI is InChI=1S/C27H27N5OS/c1-18(2)22-11-5-7-13-24(22)32-26(21-10-8-14-28-16-21)29-30-27(32)34-17-25(33)31-19(3)15-20-9-4-6-12-23(20)31/h4-14,16,18-19H,15,17H2,1-3H3. The smallest absolute Gasteiger partial charge is 0.237 e. The van der Waals surface area contributed by atoms with Crippen molar-refractivity contribution in [3.05, 3.63) is 84.2 Å². The number of hydrogen-bond acceptors (Lipinski definition) is 5. The van der Waals surface area contributed by atoms with Gasteiger partial charge in [-0.2, -0.15) is 0 Å². The lowest BCUT2D eigenvalue weighted by atomic mass is 10.0. The van der Waals surface area contributed by atoms with Gasteiger partial charge in [-0.25, -0.2) is 0 Å². The molecule has 0 N–H and O–H groups in total. The van der Waals surface area contributed by atoms with Crippen LogP contribution in [-0.2, 0) is 11.2 Å². The molecule has 1 atom stereocenters. The van der Waals surface area contributed by atoms with Crippen molar-refractivity contribution < 1.29 is 4.79 Å². The Morgan fingerprint density at radius 1 is 1.03 bits per heavy atom. The van der Waals surface area contributed by atoms with Crippen LogP contribution in [0.5, 0.6) is 0 Å². The zero-order valence-corrected chi connectivity index (χ0v) is 20.4. The molecular weight excluding hydrogens is 442 g/mol. The zero-order valence-electron chi connectivity index (χ0n) is 19.5. The normalized spacial score (nSPS) is 15.1. The average Bonchev–Trinajstić information content (AvgIpc) is 3.43. The van der Waals surface area contributed by atoms with E-state index < -0.39 is 0 Å². The van der Waals surface area contributed by atoms with Crippen LogP contribution in [0, 0.1) is 0 Å². The Balaban J connectivity index is 1.50. The summed E-state index contributed by atoms with van der Waals surface area (Å²) in [7, 11) is 0. The van der Waals surface area contributed by atoms with Crippen molar-refractivity contribution in [1.82, 2.24) is 19.7 Å². The van der Waals surface area contributed by atoms with Crippen LogP contribution in [0.1, 0.15) is 37.8 Å². The number of carbonyl (C=O) groups excluding carboxylic acids is 1. The molecule has 0 spiro atoms. The number of benzene rings is 2. The molecule has 0 fully saturated rings. The van der Waals surface area contributed by atoms with Crippen molar-refractivity contribution >= 4 is 23.4 Å². The summed E-state index contributed by atoms with van der Waals surface area (Å²) in [6.45, 7) is 6.45. The van der Waals surface area contributed by atoms with Gasteiger partial charge in [0, 0.05) is 29.7 Å². The van der Waals surface area contributed by atoms with E-state index in [-0.39, 0.29) is 17.7 Å². The highest BCUT2D eigenvalue weighted by Gasteiger charge is 2.31. The summed E-state index contributed by atoms with van der Waals surface area (Å²) in [6.07, 6.45) is 4.42. The molecule has 5 rings (SSSR count). The van der Waals surface area contributed by atoms with Crippen LogP contribution in [0.25, 0.3) is 17.1 Å². The maximum Gasteiger partial charge on any atom is 0.237 e. The molecule has 2 aromatic carbocycles. The minimum Gasteiger partial charge on any atom is -0.308 e. The zero-order chi connectivity index (χ0) is 23.7. The number of amides is 1. The molecule has 0 aliphatic carbocycles. The number of carbonyl (C=O) groups is 1. The quantitative estimate of drug-likeness (QED) is 0.348. The fraction of sp³-hybridized carbons (Fsp3) is 0.259. The molecule has 1 unspecified atom stereocenters. The van der Waals surface area contributed by atoms with Crippen LogP contribution in [0.15, 0.2) is 78.2 Å². The Morgan fingerprint density at radius 3 is 2.56 bits per heavy atom. The van der Waals surface area contributed by atoms with Gasteiger partial charge in [0.05, 0.1) is 11.4 Å². The van der Waals surface area contributed by atoms with E-state index in [4.69, 9.17) is 0 Å². The number of aromatic nitrogens is 4. The van der Waals surface area contributed by atoms with Gasteiger partial charge in [0.2, 0.25) is 5.91 Å². The highest BCUT2D eigenvalue weighted by atomic mass is 32.2. The Labute approximate surface area is 204 Å². The van der Waals surface area contributed by atoms with Crippen molar-refractivity contribution in [3.63, 3.8) is 0 Å². The number of fused-ring (bicyclic) bond motifs is 1. The third-order valence-electron chi connectivity index (χ3n) is 6.15. The van der Waals surface area contributed by atoms with E-state index in [1.165, 1.54) is 22.9 Å². The average molecular weight is 470 g/mol. The first-order valence-corrected chi connectivity index (χ1v) is 12.5. The van der Waals surface area contributed by atoms with Gasteiger partial charge in [0.25, 0.3) is 0 Å². The Morgan fingerprint density at radius 2 is 1.79 bits per heavy atom. The monoisotopic (exact) mass is 469 g/mol. The van der Waals surface area contributed by atoms with Crippen molar-refractivity contribution in [3.8, 4) is 17.1 Å². The number of para-hydroxylation sites is 2. The van der Waals surface area contributed by atoms with Gasteiger partial charge < -0.3 is 4.90 Å². The molecule has 6 nitrogen and oxygen atoms in total. The van der Waals surface area contributed by atoms with Crippen molar-refractivity contribution in [1.29, 1.82) is 0 Å². The predicted molar refractivity (Wildman–Crippen MR) is 136 cm³/mol. The Kier molecular flexibility index (Phi) is 6.20. The lowest BCUT2D eigenvalue weighted by Crippen LogP contribution is -2.37. The number of anilines is 1. The first-order chi connectivity index (χ1) is 16.5. The molecule has 4 aromatic rings.